The average molecular weight is 374 g/mol. The van der Waals surface area contributed by atoms with Crippen molar-refractivity contribution in [3.63, 3.8) is 0 Å². The predicted octanol–water partition coefficient (Wildman–Crippen LogP) is 4.53. The molecule has 3 aromatic rings. The van der Waals surface area contributed by atoms with Crippen LogP contribution in [0.1, 0.15) is 41.1 Å². The Hall–Kier alpha value is -2.25. The molecule has 1 amide bonds. The average Bonchev–Trinajstić information content (AvgIpc) is 3.12. The van der Waals surface area contributed by atoms with E-state index in [1.54, 1.807) is 29.5 Å². The Morgan fingerprint density at radius 1 is 1.24 bits per heavy atom. The molecule has 0 saturated carbocycles. The Morgan fingerprint density at radius 2 is 2.00 bits per heavy atom. The van der Waals surface area contributed by atoms with E-state index in [0.29, 0.717) is 5.69 Å². The van der Waals surface area contributed by atoms with Crippen molar-refractivity contribution in [1.29, 1.82) is 0 Å². The zero-order chi connectivity index (χ0) is 18.2. The highest BCUT2D eigenvalue weighted by Crippen LogP contribution is 2.28. The molecule has 0 saturated heterocycles. The number of nitrogens with zero attached hydrogens (tertiary/aromatic N) is 1. The molecule has 3 rings (SSSR count). The van der Waals surface area contributed by atoms with Crippen molar-refractivity contribution >= 4 is 50.3 Å². The largest absolute Gasteiger partial charge is 0.477 e. The summed E-state index contributed by atoms with van der Waals surface area (Å²) in [4.78, 5) is 28.1. The van der Waals surface area contributed by atoms with Crippen LogP contribution in [0.2, 0.25) is 0 Å². The highest BCUT2D eigenvalue weighted by molar-refractivity contribution is 7.20. The number of nitrogens with one attached hydrogen (secondary N) is 1. The fourth-order valence-electron chi connectivity index (χ4n) is 2.33. The highest BCUT2D eigenvalue weighted by Gasteiger charge is 2.19. The number of fused-ring (bicyclic) bond motifs is 1. The molecule has 0 aliphatic carbocycles. The van der Waals surface area contributed by atoms with E-state index in [4.69, 9.17) is 5.11 Å². The molecule has 0 unspecified atom stereocenters. The van der Waals surface area contributed by atoms with Crippen LogP contribution in [-0.2, 0) is 16.6 Å². The Labute approximate surface area is 153 Å². The molecule has 0 spiro atoms. The molecule has 2 aromatic heterocycles. The monoisotopic (exact) mass is 374 g/mol. The van der Waals surface area contributed by atoms with Gasteiger partial charge in [0.25, 0.3) is 0 Å². The first-order valence-electron chi connectivity index (χ1n) is 7.74. The minimum Gasteiger partial charge on any atom is -0.477 e. The van der Waals surface area contributed by atoms with Gasteiger partial charge in [-0.1, -0.05) is 20.8 Å². The van der Waals surface area contributed by atoms with Gasteiger partial charge in [0.2, 0.25) is 5.91 Å². The van der Waals surface area contributed by atoms with Gasteiger partial charge in [0, 0.05) is 21.2 Å². The lowest BCUT2D eigenvalue weighted by atomic mass is 9.98. The first kappa shape index (κ1) is 17.6. The standard InChI is InChI=1S/C18H18N2O3S2/c1-18(2,3)17-20-12(9-24-17)8-15(21)19-11-4-5-13-10(6-11)7-14(25-13)16(22)23/h4-7,9H,8H2,1-3H3,(H,19,21)(H,22,23). The molecule has 2 N–H and O–H groups in total. The Balaban J connectivity index is 1.71. The molecule has 0 aliphatic heterocycles. The summed E-state index contributed by atoms with van der Waals surface area (Å²) >= 11 is 2.79. The van der Waals surface area contributed by atoms with Crippen LogP contribution in [0.25, 0.3) is 10.1 Å². The van der Waals surface area contributed by atoms with Gasteiger partial charge < -0.3 is 10.4 Å². The normalized spacial score (nSPS) is 11.6. The number of anilines is 1. The second-order valence-corrected chi connectivity index (χ2v) is 8.73. The van der Waals surface area contributed by atoms with Crippen molar-refractivity contribution in [2.45, 2.75) is 32.6 Å². The lowest BCUT2D eigenvalue weighted by Crippen LogP contribution is -2.15. The topological polar surface area (TPSA) is 79.3 Å². The lowest BCUT2D eigenvalue weighted by molar-refractivity contribution is -0.115. The summed E-state index contributed by atoms with van der Waals surface area (Å²) < 4.78 is 0.879. The van der Waals surface area contributed by atoms with Gasteiger partial charge in [-0.2, -0.15) is 0 Å². The Bertz CT molecular complexity index is 951. The number of hydrogen-bond acceptors (Lipinski definition) is 5. The highest BCUT2D eigenvalue weighted by atomic mass is 32.1. The molecule has 5 nitrogen and oxygen atoms in total. The van der Waals surface area contributed by atoms with Gasteiger partial charge in [-0.3, -0.25) is 4.79 Å². The van der Waals surface area contributed by atoms with Gasteiger partial charge in [0.1, 0.15) is 4.88 Å². The fraction of sp³-hybridized carbons (Fsp3) is 0.278. The molecular weight excluding hydrogens is 356 g/mol. The van der Waals surface area contributed by atoms with E-state index in [1.807, 2.05) is 11.4 Å². The fourth-order valence-corrected chi connectivity index (χ4v) is 4.12. The van der Waals surface area contributed by atoms with Crippen molar-refractivity contribution in [2.24, 2.45) is 0 Å². The van der Waals surface area contributed by atoms with Crippen LogP contribution in [0, 0.1) is 0 Å². The molecule has 7 heteroatoms. The molecule has 0 atom stereocenters. The SMILES string of the molecule is CC(C)(C)c1nc(CC(=O)Nc2ccc3sc(C(=O)O)cc3c2)cs1. The number of thiophene rings is 1. The van der Waals surface area contributed by atoms with Gasteiger partial charge in [0.05, 0.1) is 17.1 Å². The van der Waals surface area contributed by atoms with Crippen molar-refractivity contribution in [2.75, 3.05) is 5.32 Å². The third kappa shape index (κ3) is 4.05. The van der Waals surface area contributed by atoms with E-state index in [1.165, 1.54) is 11.3 Å². The second-order valence-electron chi connectivity index (χ2n) is 6.79. The van der Waals surface area contributed by atoms with Gasteiger partial charge in [-0.05, 0) is 29.7 Å². The summed E-state index contributed by atoms with van der Waals surface area (Å²) in [6.07, 6.45) is 0.217. The zero-order valence-electron chi connectivity index (χ0n) is 14.1. The number of carbonyl (C=O) groups is 2. The zero-order valence-corrected chi connectivity index (χ0v) is 15.8. The number of aromatic nitrogens is 1. The second kappa shape index (κ2) is 6.57. The van der Waals surface area contributed by atoms with Crippen LogP contribution in [-0.4, -0.2) is 22.0 Å². The minimum absolute atomic E-state index is 0.0226. The van der Waals surface area contributed by atoms with E-state index in [2.05, 4.69) is 31.1 Å². The minimum atomic E-state index is -0.940. The van der Waals surface area contributed by atoms with Crippen molar-refractivity contribution < 1.29 is 14.7 Å². The summed E-state index contributed by atoms with van der Waals surface area (Å²) in [5, 5.41) is 15.6. The number of rotatable bonds is 4. The molecule has 2 heterocycles. The summed E-state index contributed by atoms with van der Waals surface area (Å²) in [6.45, 7) is 6.28. The first-order valence-corrected chi connectivity index (χ1v) is 9.43. The van der Waals surface area contributed by atoms with Crippen LogP contribution < -0.4 is 5.32 Å². The maximum absolute atomic E-state index is 12.3. The summed E-state index contributed by atoms with van der Waals surface area (Å²) in [5.74, 6) is -1.08. The van der Waals surface area contributed by atoms with Crippen LogP contribution in [0.4, 0.5) is 5.69 Å². The van der Waals surface area contributed by atoms with Gasteiger partial charge in [-0.25, -0.2) is 9.78 Å². The number of hydrogen-bond donors (Lipinski definition) is 2. The third-order valence-corrected chi connectivity index (χ3v) is 5.97. The number of aromatic carboxylic acids is 1. The van der Waals surface area contributed by atoms with Crippen molar-refractivity contribution in [3.05, 3.63) is 45.2 Å². The summed E-state index contributed by atoms with van der Waals surface area (Å²) in [7, 11) is 0. The lowest BCUT2D eigenvalue weighted by Gasteiger charge is -2.13. The molecule has 130 valence electrons. The summed E-state index contributed by atoms with van der Waals surface area (Å²) in [5.41, 5.74) is 1.39. The van der Waals surface area contributed by atoms with E-state index >= 15 is 0 Å². The van der Waals surface area contributed by atoms with Crippen LogP contribution >= 0.6 is 22.7 Å². The summed E-state index contributed by atoms with van der Waals surface area (Å²) in [6, 6.07) is 7.01. The Kier molecular flexibility index (Phi) is 4.62. The quantitative estimate of drug-likeness (QED) is 0.703. The third-order valence-electron chi connectivity index (χ3n) is 3.55. The van der Waals surface area contributed by atoms with Crippen LogP contribution in [0.3, 0.4) is 0 Å². The number of thiazole rings is 1. The molecule has 25 heavy (non-hydrogen) atoms. The Morgan fingerprint density at radius 3 is 2.64 bits per heavy atom. The smallest absolute Gasteiger partial charge is 0.345 e. The van der Waals surface area contributed by atoms with E-state index in [0.717, 1.165) is 20.8 Å². The van der Waals surface area contributed by atoms with Gasteiger partial charge >= 0.3 is 5.97 Å². The van der Waals surface area contributed by atoms with Crippen LogP contribution in [0.15, 0.2) is 29.6 Å². The molecular formula is C18H18N2O3S2. The maximum atomic E-state index is 12.3. The molecule has 1 aromatic carbocycles. The molecule has 0 bridgehead atoms. The van der Waals surface area contributed by atoms with E-state index < -0.39 is 5.97 Å². The number of carboxylic acids is 1. The van der Waals surface area contributed by atoms with Gasteiger partial charge in [0.15, 0.2) is 0 Å². The number of carboxylic acid groups (broad SMARTS) is 1. The predicted molar refractivity (Wildman–Crippen MR) is 102 cm³/mol. The molecule has 0 fully saturated rings. The molecule has 0 aliphatic rings. The number of benzene rings is 1. The van der Waals surface area contributed by atoms with Crippen LogP contribution in [0.5, 0.6) is 0 Å². The van der Waals surface area contributed by atoms with Gasteiger partial charge in [-0.15, -0.1) is 22.7 Å². The van der Waals surface area contributed by atoms with Crippen molar-refractivity contribution in [1.82, 2.24) is 4.98 Å². The maximum Gasteiger partial charge on any atom is 0.345 e. The number of carbonyl (C=O) groups excluding carboxylic acids is 1. The van der Waals surface area contributed by atoms with E-state index in [9.17, 15) is 9.59 Å². The molecule has 0 radical (unpaired) electrons. The first-order chi connectivity index (χ1) is 11.7. The number of amides is 1. The van der Waals surface area contributed by atoms with Crippen molar-refractivity contribution in [3.8, 4) is 0 Å². The van der Waals surface area contributed by atoms with E-state index in [-0.39, 0.29) is 22.6 Å².